The van der Waals surface area contributed by atoms with Gasteiger partial charge in [-0.05, 0) is 30.3 Å². The smallest absolute Gasteiger partial charge is 0.338 e. The van der Waals surface area contributed by atoms with Crippen LogP contribution in [-0.4, -0.2) is 38.8 Å². The van der Waals surface area contributed by atoms with Crippen LogP contribution in [0.15, 0.2) is 36.4 Å². The fraction of sp³-hybridized carbons (Fsp3) is 0.211. The second-order valence-electron chi connectivity index (χ2n) is 5.52. The lowest BCUT2D eigenvalue weighted by Crippen LogP contribution is -2.21. The summed E-state index contributed by atoms with van der Waals surface area (Å²) in [6.07, 6.45) is 0. The first-order valence-electron chi connectivity index (χ1n) is 8.05. The van der Waals surface area contributed by atoms with Crippen molar-refractivity contribution in [3.05, 3.63) is 47.5 Å². The number of carbonyl (C=O) groups is 2. The quantitative estimate of drug-likeness (QED) is 0.806. The monoisotopic (exact) mass is 368 g/mol. The minimum atomic E-state index is -0.703. The number of ether oxygens (including phenoxy) is 4. The van der Waals surface area contributed by atoms with Gasteiger partial charge in [-0.2, -0.15) is 5.26 Å². The number of benzene rings is 2. The van der Waals surface area contributed by atoms with Crippen molar-refractivity contribution < 1.29 is 28.5 Å². The van der Waals surface area contributed by atoms with Crippen LogP contribution in [0.2, 0.25) is 0 Å². The Morgan fingerprint density at radius 1 is 1.22 bits per heavy atom. The molecule has 0 aromatic heterocycles. The highest BCUT2D eigenvalue weighted by atomic mass is 16.6. The van der Waals surface area contributed by atoms with Gasteiger partial charge in [0.1, 0.15) is 13.2 Å². The van der Waals surface area contributed by atoms with Gasteiger partial charge in [0, 0.05) is 5.69 Å². The van der Waals surface area contributed by atoms with Gasteiger partial charge in [-0.3, -0.25) is 4.79 Å². The van der Waals surface area contributed by atoms with Crippen LogP contribution in [0.3, 0.4) is 0 Å². The second kappa shape index (κ2) is 8.10. The van der Waals surface area contributed by atoms with E-state index in [2.05, 4.69) is 5.32 Å². The van der Waals surface area contributed by atoms with Crippen LogP contribution in [0, 0.1) is 11.3 Å². The van der Waals surface area contributed by atoms with Crippen LogP contribution in [0.4, 0.5) is 5.69 Å². The highest BCUT2D eigenvalue weighted by molar-refractivity contribution is 5.96. The molecule has 0 saturated carbocycles. The lowest BCUT2D eigenvalue weighted by Gasteiger charge is -2.21. The summed E-state index contributed by atoms with van der Waals surface area (Å²) >= 11 is 0. The first-order chi connectivity index (χ1) is 13.1. The summed E-state index contributed by atoms with van der Waals surface area (Å²) in [5, 5.41) is 11.4. The maximum absolute atomic E-state index is 12.3. The number of amides is 1. The lowest BCUT2D eigenvalue weighted by molar-refractivity contribution is -0.119. The van der Waals surface area contributed by atoms with Gasteiger partial charge in [0.2, 0.25) is 5.75 Å². The molecule has 0 radical (unpaired) electrons. The molecule has 138 valence electrons. The number of nitrogens with zero attached hydrogens (tertiary/aromatic N) is 1. The fourth-order valence-electron chi connectivity index (χ4n) is 2.47. The van der Waals surface area contributed by atoms with Crippen molar-refractivity contribution in [2.75, 3.05) is 32.2 Å². The Balaban J connectivity index is 1.63. The normalized spacial score (nSPS) is 11.9. The largest absolute Gasteiger partial charge is 0.493 e. The number of hydrogen-bond acceptors (Lipinski definition) is 7. The highest BCUT2D eigenvalue weighted by Gasteiger charge is 2.22. The molecule has 2 aromatic rings. The van der Waals surface area contributed by atoms with E-state index in [0.29, 0.717) is 41.7 Å². The number of nitriles is 1. The number of nitrogens with one attached hydrogen (secondary N) is 1. The number of carbonyl (C=O) groups excluding carboxylic acids is 2. The molecule has 0 unspecified atom stereocenters. The van der Waals surface area contributed by atoms with Crippen molar-refractivity contribution in [3.63, 3.8) is 0 Å². The zero-order valence-electron chi connectivity index (χ0n) is 14.5. The molecule has 0 fully saturated rings. The van der Waals surface area contributed by atoms with Crippen LogP contribution in [0.5, 0.6) is 17.2 Å². The molecule has 27 heavy (non-hydrogen) atoms. The van der Waals surface area contributed by atoms with E-state index in [1.54, 1.807) is 18.2 Å². The van der Waals surface area contributed by atoms with Gasteiger partial charge >= 0.3 is 5.97 Å². The van der Waals surface area contributed by atoms with Gasteiger partial charge in [0.25, 0.3) is 5.91 Å². The van der Waals surface area contributed by atoms with Crippen LogP contribution < -0.4 is 19.5 Å². The van der Waals surface area contributed by atoms with Crippen LogP contribution in [0.1, 0.15) is 15.9 Å². The Morgan fingerprint density at radius 2 is 2.04 bits per heavy atom. The molecule has 8 nitrogen and oxygen atoms in total. The van der Waals surface area contributed by atoms with Gasteiger partial charge in [-0.25, -0.2) is 4.79 Å². The van der Waals surface area contributed by atoms with Crippen molar-refractivity contribution in [1.82, 2.24) is 0 Å². The maximum Gasteiger partial charge on any atom is 0.338 e. The summed E-state index contributed by atoms with van der Waals surface area (Å²) in [4.78, 5) is 24.2. The third-order valence-corrected chi connectivity index (χ3v) is 3.67. The van der Waals surface area contributed by atoms with E-state index in [0.717, 1.165) is 0 Å². The van der Waals surface area contributed by atoms with E-state index >= 15 is 0 Å². The summed E-state index contributed by atoms with van der Waals surface area (Å²) in [6, 6.07) is 11.3. The molecule has 0 spiro atoms. The van der Waals surface area contributed by atoms with Crippen LogP contribution in [0.25, 0.3) is 0 Å². The molecule has 3 rings (SSSR count). The number of anilines is 1. The maximum atomic E-state index is 12.3. The zero-order valence-corrected chi connectivity index (χ0v) is 14.5. The third kappa shape index (κ3) is 4.27. The summed E-state index contributed by atoms with van der Waals surface area (Å²) < 4.78 is 21.2. The first kappa shape index (κ1) is 18.1. The van der Waals surface area contributed by atoms with Crippen molar-refractivity contribution in [2.45, 2.75) is 0 Å². The van der Waals surface area contributed by atoms with Crippen molar-refractivity contribution in [2.24, 2.45) is 0 Å². The fourth-order valence-corrected chi connectivity index (χ4v) is 2.47. The summed E-state index contributed by atoms with van der Waals surface area (Å²) in [5.74, 6) is -0.0770. The molecular weight excluding hydrogens is 352 g/mol. The van der Waals surface area contributed by atoms with Gasteiger partial charge in [-0.1, -0.05) is 6.07 Å². The van der Waals surface area contributed by atoms with Crippen LogP contribution >= 0.6 is 0 Å². The van der Waals surface area contributed by atoms with Gasteiger partial charge in [0.05, 0.1) is 24.3 Å². The lowest BCUT2D eigenvalue weighted by atomic mass is 10.1. The number of esters is 1. The molecule has 0 saturated heterocycles. The number of methoxy groups -OCH3 is 1. The standard InChI is InChI=1S/C19H16N2O6/c1-24-15-8-13(9-16-18(15)26-6-5-25-16)19(23)27-11-17(22)21-14-4-2-3-12(7-14)10-20/h2-4,7-9H,5-6,11H2,1H3,(H,21,22). The van der Waals surface area contributed by atoms with E-state index in [1.807, 2.05) is 6.07 Å². The second-order valence-corrected chi connectivity index (χ2v) is 5.52. The van der Waals surface area contributed by atoms with E-state index in [-0.39, 0.29) is 5.56 Å². The zero-order chi connectivity index (χ0) is 19.2. The Hall–Kier alpha value is -3.73. The topological polar surface area (TPSA) is 107 Å². The number of hydrogen-bond donors (Lipinski definition) is 1. The van der Waals surface area contributed by atoms with E-state index in [9.17, 15) is 9.59 Å². The Bertz CT molecular complexity index is 902. The molecule has 1 N–H and O–H groups in total. The molecule has 1 heterocycles. The number of fused-ring (bicyclic) bond motifs is 1. The minimum Gasteiger partial charge on any atom is -0.493 e. The highest BCUT2D eigenvalue weighted by Crippen LogP contribution is 2.40. The average molecular weight is 368 g/mol. The van der Waals surface area contributed by atoms with Crippen LogP contribution in [-0.2, 0) is 9.53 Å². The van der Waals surface area contributed by atoms with Gasteiger partial charge in [0.15, 0.2) is 18.1 Å². The molecular formula is C19H16N2O6. The Labute approximate surface area is 155 Å². The summed E-state index contributed by atoms with van der Waals surface area (Å²) in [7, 11) is 1.45. The van der Waals surface area contributed by atoms with Crippen molar-refractivity contribution in [3.8, 4) is 23.3 Å². The predicted octanol–water partition coefficient (Wildman–Crippen LogP) is 2.13. The predicted molar refractivity (Wildman–Crippen MR) is 94.1 cm³/mol. The Kier molecular flexibility index (Phi) is 5.42. The molecule has 1 aliphatic heterocycles. The van der Waals surface area contributed by atoms with Gasteiger partial charge < -0.3 is 24.3 Å². The van der Waals surface area contributed by atoms with E-state index in [1.165, 1.54) is 25.3 Å². The van der Waals surface area contributed by atoms with Gasteiger partial charge in [-0.15, -0.1) is 0 Å². The SMILES string of the molecule is COc1cc(C(=O)OCC(=O)Nc2cccc(C#N)c2)cc2c1OCCO2. The molecule has 0 aliphatic carbocycles. The molecule has 2 aromatic carbocycles. The minimum absolute atomic E-state index is 0.176. The first-order valence-corrected chi connectivity index (χ1v) is 8.05. The third-order valence-electron chi connectivity index (χ3n) is 3.67. The molecule has 8 heteroatoms. The summed E-state index contributed by atoms with van der Waals surface area (Å²) in [5.41, 5.74) is 1.03. The number of rotatable bonds is 5. The van der Waals surface area contributed by atoms with Crippen molar-refractivity contribution in [1.29, 1.82) is 5.26 Å². The van der Waals surface area contributed by atoms with E-state index < -0.39 is 18.5 Å². The van der Waals surface area contributed by atoms with E-state index in [4.69, 9.17) is 24.2 Å². The molecule has 0 bridgehead atoms. The molecule has 0 atom stereocenters. The molecule has 1 amide bonds. The Morgan fingerprint density at radius 3 is 2.81 bits per heavy atom. The summed E-state index contributed by atoms with van der Waals surface area (Å²) in [6.45, 7) is 0.269. The molecule has 1 aliphatic rings. The van der Waals surface area contributed by atoms with Crippen molar-refractivity contribution >= 4 is 17.6 Å². The average Bonchev–Trinajstić information content (AvgIpc) is 2.71.